The summed E-state index contributed by atoms with van der Waals surface area (Å²) >= 11 is 1.79. The van der Waals surface area contributed by atoms with Gasteiger partial charge in [0, 0.05) is 18.0 Å². The third kappa shape index (κ3) is 1.88. The third-order valence-corrected chi connectivity index (χ3v) is 4.88. The molecule has 4 heteroatoms. The molecule has 1 saturated heterocycles. The summed E-state index contributed by atoms with van der Waals surface area (Å²) in [4.78, 5) is 14.3. The van der Waals surface area contributed by atoms with Crippen LogP contribution in [0, 0.1) is 20.8 Å². The number of piperidine rings is 1. The Labute approximate surface area is 112 Å². The molecule has 1 aliphatic heterocycles. The lowest BCUT2D eigenvalue weighted by atomic mass is 10.1. The highest BCUT2D eigenvalue weighted by Gasteiger charge is 2.19. The molecule has 0 bridgehead atoms. The first kappa shape index (κ1) is 11.9. The summed E-state index contributed by atoms with van der Waals surface area (Å²) in [5.74, 6) is 2.06. The van der Waals surface area contributed by atoms with Crippen molar-refractivity contribution in [2.75, 3.05) is 18.0 Å². The van der Waals surface area contributed by atoms with E-state index < -0.39 is 0 Å². The average Bonchev–Trinajstić information content (AvgIpc) is 2.65. The van der Waals surface area contributed by atoms with Crippen molar-refractivity contribution in [2.24, 2.45) is 0 Å². The molecule has 3 rings (SSSR count). The molecule has 18 heavy (non-hydrogen) atoms. The summed E-state index contributed by atoms with van der Waals surface area (Å²) in [5.41, 5.74) is 1.36. The van der Waals surface area contributed by atoms with Gasteiger partial charge in [-0.1, -0.05) is 0 Å². The second-order valence-electron chi connectivity index (χ2n) is 5.11. The number of hydrogen-bond donors (Lipinski definition) is 0. The van der Waals surface area contributed by atoms with E-state index in [1.165, 1.54) is 40.9 Å². The largest absolute Gasteiger partial charge is 0.356 e. The van der Waals surface area contributed by atoms with Crippen LogP contribution in [0.15, 0.2) is 0 Å². The van der Waals surface area contributed by atoms with Crippen LogP contribution in [0.5, 0.6) is 0 Å². The van der Waals surface area contributed by atoms with Crippen LogP contribution in [0.25, 0.3) is 10.2 Å². The molecule has 2 aromatic rings. The van der Waals surface area contributed by atoms with Gasteiger partial charge in [-0.25, -0.2) is 9.97 Å². The van der Waals surface area contributed by atoms with Crippen LogP contribution in [-0.4, -0.2) is 23.1 Å². The van der Waals surface area contributed by atoms with Crippen LogP contribution < -0.4 is 4.90 Å². The number of anilines is 1. The van der Waals surface area contributed by atoms with Gasteiger partial charge in [-0.3, -0.25) is 0 Å². The molecular weight excluding hydrogens is 242 g/mol. The maximum absolute atomic E-state index is 4.72. The smallest absolute Gasteiger partial charge is 0.141 e. The number of aromatic nitrogens is 2. The SMILES string of the molecule is Cc1nc(N2CCCCC2)c2c(C)c(C)sc2n1. The molecule has 0 spiro atoms. The molecule has 1 aliphatic rings. The molecular formula is C14H19N3S. The van der Waals surface area contributed by atoms with Crippen LogP contribution in [0.3, 0.4) is 0 Å². The lowest BCUT2D eigenvalue weighted by molar-refractivity contribution is 0.574. The predicted octanol–water partition coefficient (Wildman–Crippen LogP) is 3.61. The van der Waals surface area contributed by atoms with Crippen molar-refractivity contribution >= 4 is 27.4 Å². The Bertz CT molecular complexity index is 582. The van der Waals surface area contributed by atoms with Gasteiger partial charge >= 0.3 is 0 Å². The minimum Gasteiger partial charge on any atom is -0.356 e. The first-order valence-electron chi connectivity index (χ1n) is 6.66. The molecule has 2 aromatic heterocycles. The summed E-state index contributed by atoms with van der Waals surface area (Å²) in [6.07, 6.45) is 3.92. The summed E-state index contributed by atoms with van der Waals surface area (Å²) in [6.45, 7) is 8.65. The van der Waals surface area contributed by atoms with E-state index in [0.29, 0.717) is 0 Å². The van der Waals surface area contributed by atoms with Gasteiger partial charge in [-0.15, -0.1) is 11.3 Å². The molecule has 3 nitrogen and oxygen atoms in total. The Morgan fingerprint density at radius 2 is 1.72 bits per heavy atom. The first-order chi connectivity index (χ1) is 8.66. The lowest BCUT2D eigenvalue weighted by Gasteiger charge is -2.28. The fourth-order valence-corrected chi connectivity index (χ4v) is 3.74. The fourth-order valence-electron chi connectivity index (χ4n) is 2.67. The van der Waals surface area contributed by atoms with Crippen molar-refractivity contribution in [3.05, 3.63) is 16.3 Å². The number of thiophene rings is 1. The molecule has 0 atom stereocenters. The maximum Gasteiger partial charge on any atom is 0.141 e. The van der Waals surface area contributed by atoms with E-state index in [2.05, 4.69) is 23.7 Å². The van der Waals surface area contributed by atoms with Crippen LogP contribution in [0.4, 0.5) is 5.82 Å². The second-order valence-corrected chi connectivity index (χ2v) is 6.31. The number of fused-ring (bicyclic) bond motifs is 1. The predicted molar refractivity (Wildman–Crippen MR) is 77.7 cm³/mol. The van der Waals surface area contributed by atoms with E-state index in [0.717, 1.165) is 23.7 Å². The topological polar surface area (TPSA) is 29.0 Å². The highest BCUT2D eigenvalue weighted by molar-refractivity contribution is 7.18. The van der Waals surface area contributed by atoms with Gasteiger partial charge in [-0.2, -0.15) is 0 Å². The van der Waals surface area contributed by atoms with E-state index in [4.69, 9.17) is 4.98 Å². The van der Waals surface area contributed by atoms with Crippen molar-refractivity contribution in [2.45, 2.75) is 40.0 Å². The van der Waals surface area contributed by atoms with Crippen LogP contribution in [0.1, 0.15) is 35.5 Å². The van der Waals surface area contributed by atoms with Gasteiger partial charge in [-0.05, 0) is 45.6 Å². The normalized spacial score (nSPS) is 16.5. The first-order valence-corrected chi connectivity index (χ1v) is 7.48. The zero-order chi connectivity index (χ0) is 12.7. The number of hydrogen-bond acceptors (Lipinski definition) is 4. The summed E-state index contributed by atoms with van der Waals surface area (Å²) in [7, 11) is 0. The van der Waals surface area contributed by atoms with Crippen LogP contribution >= 0.6 is 11.3 Å². The van der Waals surface area contributed by atoms with Gasteiger partial charge < -0.3 is 4.90 Å². The molecule has 0 radical (unpaired) electrons. The molecule has 0 amide bonds. The fraction of sp³-hybridized carbons (Fsp3) is 0.571. The van der Waals surface area contributed by atoms with Crippen LogP contribution in [0.2, 0.25) is 0 Å². The molecule has 0 N–H and O–H groups in total. The summed E-state index contributed by atoms with van der Waals surface area (Å²) < 4.78 is 0. The molecule has 0 unspecified atom stereocenters. The standard InChI is InChI=1S/C14H19N3S/c1-9-10(2)18-14-12(9)13(15-11(3)16-14)17-7-5-4-6-8-17/h4-8H2,1-3H3. The Kier molecular flexibility index (Phi) is 2.98. The number of rotatable bonds is 1. The quantitative estimate of drug-likeness (QED) is 0.785. The van der Waals surface area contributed by atoms with Crippen molar-refractivity contribution in [1.82, 2.24) is 9.97 Å². The van der Waals surface area contributed by atoms with E-state index >= 15 is 0 Å². The van der Waals surface area contributed by atoms with E-state index in [1.54, 1.807) is 11.3 Å². The lowest BCUT2D eigenvalue weighted by Crippen LogP contribution is -2.30. The van der Waals surface area contributed by atoms with Gasteiger partial charge in [0.2, 0.25) is 0 Å². The van der Waals surface area contributed by atoms with Crippen molar-refractivity contribution in [3.63, 3.8) is 0 Å². The van der Waals surface area contributed by atoms with E-state index in [9.17, 15) is 0 Å². The Hall–Kier alpha value is -1.16. The van der Waals surface area contributed by atoms with Crippen molar-refractivity contribution in [1.29, 1.82) is 0 Å². The van der Waals surface area contributed by atoms with Gasteiger partial charge in [0.15, 0.2) is 0 Å². The molecule has 3 heterocycles. The summed E-state index contributed by atoms with van der Waals surface area (Å²) in [5, 5.41) is 1.28. The zero-order valence-corrected chi connectivity index (χ0v) is 12.1. The number of nitrogens with zero attached hydrogens (tertiary/aromatic N) is 3. The third-order valence-electron chi connectivity index (χ3n) is 3.78. The molecule has 0 aliphatic carbocycles. The van der Waals surface area contributed by atoms with E-state index in [1.807, 2.05) is 6.92 Å². The van der Waals surface area contributed by atoms with Gasteiger partial charge in [0.05, 0.1) is 5.39 Å². The Balaban J connectivity index is 2.19. The minimum atomic E-state index is 0.893. The molecule has 1 fully saturated rings. The highest BCUT2D eigenvalue weighted by atomic mass is 32.1. The number of aryl methyl sites for hydroxylation is 3. The highest BCUT2D eigenvalue weighted by Crippen LogP contribution is 2.35. The molecule has 0 aromatic carbocycles. The van der Waals surface area contributed by atoms with Gasteiger partial charge in [0.1, 0.15) is 16.5 Å². The average molecular weight is 261 g/mol. The summed E-state index contributed by atoms with van der Waals surface area (Å²) in [6, 6.07) is 0. The molecule has 96 valence electrons. The van der Waals surface area contributed by atoms with Crippen LogP contribution in [-0.2, 0) is 0 Å². The Morgan fingerprint density at radius 1 is 1.00 bits per heavy atom. The van der Waals surface area contributed by atoms with E-state index in [-0.39, 0.29) is 0 Å². The van der Waals surface area contributed by atoms with Crippen molar-refractivity contribution < 1.29 is 0 Å². The second kappa shape index (κ2) is 4.50. The zero-order valence-electron chi connectivity index (χ0n) is 11.3. The monoisotopic (exact) mass is 261 g/mol. The van der Waals surface area contributed by atoms with Gasteiger partial charge in [0.25, 0.3) is 0 Å². The minimum absolute atomic E-state index is 0.893. The van der Waals surface area contributed by atoms with Crippen molar-refractivity contribution in [3.8, 4) is 0 Å². The maximum atomic E-state index is 4.72. The Morgan fingerprint density at radius 3 is 2.44 bits per heavy atom. The molecule has 0 saturated carbocycles.